The molecule has 0 aliphatic heterocycles. The second-order valence-corrected chi connectivity index (χ2v) is 8.02. The number of methoxy groups -OCH3 is 1. The Kier molecular flexibility index (Phi) is 8.12. The van der Waals surface area contributed by atoms with E-state index in [1.807, 2.05) is 61.5 Å². The quantitative estimate of drug-likeness (QED) is 0.498. The minimum absolute atomic E-state index is 0.130. The van der Waals surface area contributed by atoms with Gasteiger partial charge in [0.05, 0.1) is 7.11 Å². The van der Waals surface area contributed by atoms with Crippen LogP contribution in [0.25, 0.3) is 10.6 Å². The van der Waals surface area contributed by atoms with E-state index in [9.17, 15) is 9.59 Å². The lowest BCUT2D eigenvalue weighted by Gasteiger charge is -2.18. The van der Waals surface area contributed by atoms with Gasteiger partial charge in [0, 0.05) is 18.4 Å². The summed E-state index contributed by atoms with van der Waals surface area (Å²) >= 11 is 1.28. The summed E-state index contributed by atoms with van der Waals surface area (Å²) in [7, 11) is 1.61. The zero-order chi connectivity index (χ0) is 22.1. The number of unbranched alkanes of at least 4 members (excludes halogenated alkanes) is 1. The normalized spacial score (nSPS) is 11.5. The fraction of sp³-hybridized carbons (Fsp3) is 0.304. The summed E-state index contributed by atoms with van der Waals surface area (Å²) in [6.07, 6.45) is 2.50. The van der Waals surface area contributed by atoms with Crippen LogP contribution in [0.5, 0.6) is 5.75 Å². The molecule has 1 atom stereocenters. The molecular weight excluding hydrogens is 412 g/mol. The number of hydrogen-bond donors (Lipinski definition) is 2. The van der Waals surface area contributed by atoms with Crippen LogP contribution in [0.4, 0.5) is 5.13 Å². The maximum atomic E-state index is 13.0. The minimum Gasteiger partial charge on any atom is -0.497 e. The number of anilines is 1. The fourth-order valence-corrected chi connectivity index (χ4v) is 3.73. The van der Waals surface area contributed by atoms with Crippen molar-refractivity contribution in [3.8, 4) is 16.3 Å². The summed E-state index contributed by atoms with van der Waals surface area (Å²) in [5.74, 6) is 0.310. The zero-order valence-electron chi connectivity index (χ0n) is 17.6. The molecule has 31 heavy (non-hydrogen) atoms. The Labute approximate surface area is 185 Å². The van der Waals surface area contributed by atoms with Crippen LogP contribution >= 0.6 is 11.3 Å². The number of nitrogens with one attached hydrogen (secondary N) is 2. The van der Waals surface area contributed by atoms with Crippen LogP contribution in [0, 0.1) is 0 Å². The number of amides is 2. The predicted octanol–water partition coefficient (Wildman–Crippen LogP) is 4.07. The van der Waals surface area contributed by atoms with E-state index in [0.717, 1.165) is 29.7 Å². The second-order valence-electron chi connectivity index (χ2n) is 7.04. The number of hydrogen-bond acceptors (Lipinski definition) is 6. The molecule has 2 aromatic carbocycles. The first-order valence-corrected chi connectivity index (χ1v) is 11.0. The Morgan fingerprint density at radius 2 is 1.81 bits per heavy atom. The SMILES string of the molecule is CCCCC(=O)NC(Cc1ccccc1)C(=O)Nc1nnc(-c2ccc(OC)cc2)s1. The van der Waals surface area contributed by atoms with Crippen molar-refractivity contribution >= 4 is 28.3 Å². The van der Waals surface area contributed by atoms with Gasteiger partial charge in [-0.25, -0.2) is 0 Å². The summed E-state index contributed by atoms with van der Waals surface area (Å²) in [5.41, 5.74) is 1.85. The summed E-state index contributed by atoms with van der Waals surface area (Å²) in [6.45, 7) is 2.03. The Balaban J connectivity index is 1.70. The van der Waals surface area contributed by atoms with E-state index >= 15 is 0 Å². The minimum atomic E-state index is -0.694. The molecule has 2 N–H and O–H groups in total. The average Bonchev–Trinajstić information content (AvgIpc) is 3.26. The number of rotatable bonds is 10. The third-order valence-corrected chi connectivity index (χ3v) is 5.57. The fourth-order valence-electron chi connectivity index (χ4n) is 2.98. The lowest BCUT2D eigenvalue weighted by atomic mass is 10.0. The molecule has 3 aromatic rings. The van der Waals surface area contributed by atoms with Gasteiger partial charge in [-0.1, -0.05) is 55.0 Å². The third-order valence-electron chi connectivity index (χ3n) is 4.68. The predicted molar refractivity (Wildman–Crippen MR) is 122 cm³/mol. The summed E-state index contributed by atoms with van der Waals surface area (Å²) < 4.78 is 5.17. The number of aromatic nitrogens is 2. The summed E-state index contributed by atoms with van der Waals surface area (Å²) in [4.78, 5) is 25.2. The van der Waals surface area contributed by atoms with Gasteiger partial charge in [-0.15, -0.1) is 10.2 Å². The molecule has 0 saturated heterocycles. The number of nitrogens with zero attached hydrogens (tertiary/aromatic N) is 2. The molecule has 0 bridgehead atoms. The standard InChI is InChI=1S/C23H26N4O3S/c1-3-4-10-20(28)24-19(15-16-8-6-5-7-9-16)21(29)25-23-27-26-22(31-23)17-11-13-18(30-2)14-12-17/h5-9,11-14,19H,3-4,10,15H2,1-2H3,(H,24,28)(H,25,27,29). The van der Waals surface area contributed by atoms with Crippen molar-refractivity contribution in [1.82, 2.24) is 15.5 Å². The van der Waals surface area contributed by atoms with Crippen molar-refractivity contribution in [2.45, 2.75) is 38.6 Å². The highest BCUT2D eigenvalue weighted by atomic mass is 32.1. The van der Waals surface area contributed by atoms with Crippen molar-refractivity contribution < 1.29 is 14.3 Å². The molecule has 0 aliphatic carbocycles. The number of carbonyl (C=O) groups is 2. The van der Waals surface area contributed by atoms with Gasteiger partial charge >= 0.3 is 0 Å². The van der Waals surface area contributed by atoms with E-state index in [2.05, 4.69) is 20.8 Å². The first-order valence-electron chi connectivity index (χ1n) is 10.2. The number of ether oxygens (including phenoxy) is 1. The van der Waals surface area contributed by atoms with Gasteiger partial charge < -0.3 is 10.1 Å². The van der Waals surface area contributed by atoms with Crippen molar-refractivity contribution in [3.05, 3.63) is 60.2 Å². The van der Waals surface area contributed by atoms with E-state index in [0.29, 0.717) is 23.0 Å². The molecule has 8 heteroatoms. The van der Waals surface area contributed by atoms with Gasteiger partial charge in [-0.05, 0) is 36.2 Å². The summed E-state index contributed by atoms with van der Waals surface area (Å²) in [6, 6.07) is 16.4. The Morgan fingerprint density at radius 1 is 1.06 bits per heavy atom. The van der Waals surface area contributed by atoms with E-state index in [-0.39, 0.29) is 11.8 Å². The van der Waals surface area contributed by atoms with Crippen molar-refractivity contribution in [3.63, 3.8) is 0 Å². The van der Waals surface area contributed by atoms with Crippen molar-refractivity contribution in [2.24, 2.45) is 0 Å². The van der Waals surface area contributed by atoms with Crippen molar-refractivity contribution in [1.29, 1.82) is 0 Å². The smallest absolute Gasteiger partial charge is 0.249 e. The van der Waals surface area contributed by atoms with E-state index in [1.165, 1.54) is 11.3 Å². The van der Waals surface area contributed by atoms with Crippen LogP contribution in [0.3, 0.4) is 0 Å². The molecule has 3 rings (SSSR count). The topological polar surface area (TPSA) is 93.2 Å². The van der Waals surface area contributed by atoms with Gasteiger partial charge in [0.25, 0.3) is 0 Å². The maximum absolute atomic E-state index is 13.0. The van der Waals surface area contributed by atoms with Crippen LogP contribution in [-0.4, -0.2) is 35.2 Å². The van der Waals surface area contributed by atoms with E-state index in [4.69, 9.17) is 4.74 Å². The molecule has 0 spiro atoms. The monoisotopic (exact) mass is 438 g/mol. The van der Waals surface area contributed by atoms with Gasteiger partial charge in [0.15, 0.2) is 0 Å². The molecule has 1 aromatic heterocycles. The van der Waals surface area contributed by atoms with Crippen LogP contribution in [0.2, 0.25) is 0 Å². The summed E-state index contributed by atoms with van der Waals surface area (Å²) in [5, 5.41) is 15.0. The molecule has 1 heterocycles. The molecule has 2 amide bonds. The average molecular weight is 439 g/mol. The molecule has 0 saturated carbocycles. The Morgan fingerprint density at radius 3 is 2.48 bits per heavy atom. The van der Waals surface area contributed by atoms with Crippen LogP contribution in [-0.2, 0) is 16.0 Å². The first kappa shape index (κ1) is 22.4. The van der Waals surface area contributed by atoms with Crippen LogP contribution in [0.15, 0.2) is 54.6 Å². The van der Waals surface area contributed by atoms with Gasteiger partial charge in [0.2, 0.25) is 16.9 Å². The number of carbonyl (C=O) groups excluding carboxylic acids is 2. The highest BCUT2D eigenvalue weighted by Gasteiger charge is 2.22. The van der Waals surface area contributed by atoms with Crippen LogP contribution in [0.1, 0.15) is 31.7 Å². The molecule has 0 fully saturated rings. The first-order chi connectivity index (χ1) is 15.1. The highest BCUT2D eigenvalue weighted by molar-refractivity contribution is 7.18. The Bertz CT molecular complexity index is 990. The largest absolute Gasteiger partial charge is 0.497 e. The molecule has 1 unspecified atom stereocenters. The maximum Gasteiger partial charge on any atom is 0.249 e. The van der Waals surface area contributed by atoms with Gasteiger partial charge in [-0.2, -0.15) is 0 Å². The lowest BCUT2D eigenvalue weighted by Crippen LogP contribution is -2.45. The molecular formula is C23H26N4O3S. The van der Waals surface area contributed by atoms with Crippen LogP contribution < -0.4 is 15.4 Å². The highest BCUT2D eigenvalue weighted by Crippen LogP contribution is 2.27. The second kappa shape index (κ2) is 11.2. The Hall–Kier alpha value is -3.26. The van der Waals surface area contributed by atoms with Crippen molar-refractivity contribution in [2.75, 3.05) is 12.4 Å². The molecule has 162 valence electrons. The van der Waals surface area contributed by atoms with E-state index in [1.54, 1.807) is 7.11 Å². The van der Waals surface area contributed by atoms with Gasteiger partial charge in [0.1, 0.15) is 16.8 Å². The number of benzene rings is 2. The van der Waals surface area contributed by atoms with E-state index < -0.39 is 6.04 Å². The zero-order valence-corrected chi connectivity index (χ0v) is 18.4. The lowest BCUT2D eigenvalue weighted by molar-refractivity contribution is -0.126. The molecule has 0 aliphatic rings. The van der Waals surface area contributed by atoms with Gasteiger partial charge in [-0.3, -0.25) is 14.9 Å². The molecule has 0 radical (unpaired) electrons. The third kappa shape index (κ3) is 6.62. The molecule has 7 nitrogen and oxygen atoms in total.